The van der Waals surface area contributed by atoms with Crippen LogP contribution in [0.3, 0.4) is 0 Å². The number of aromatic nitrogens is 2. The minimum absolute atomic E-state index is 0.0957. The Morgan fingerprint density at radius 1 is 1.61 bits per heavy atom. The summed E-state index contributed by atoms with van der Waals surface area (Å²) in [4.78, 5) is 24.2. The van der Waals surface area contributed by atoms with E-state index in [-0.39, 0.29) is 12.3 Å². The Morgan fingerprint density at radius 3 is 2.83 bits per heavy atom. The fourth-order valence-corrected chi connectivity index (χ4v) is 2.18. The topological polar surface area (TPSA) is 75.4 Å². The first-order valence-corrected chi connectivity index (χ1v) is 6.03. The van der Waals surface area contributed by atoms with E-state index in [0.29, 0.717) is 13.1 Å². The monoisotopic (exact) mass is 251 g/mol. The summed E-state index contributed by atoms with van der Waals surface area (Å²) in [5, 5.41) is 13.2. The normalized spacial score (nSPS) is 19.6. The molecule has 1 fully saturated rings. The number of aryl methyl sites for hydroxylation is 2. The van der Waals surface area contributed by atoms with Gasteiger partial charge in [0.25, 0.3) is 0 Å². The summed E-state index contributed by atoms with van der Waals surface area (Å²) in [6.45, 7) is 2.75. The maximum Gasteiger partial charge on any atom is 0.308 e. The molecule has 0 bridgehead atoms. The van der Waals surface area contributed by atoms with Crippen molar-refractivity contribution in [2.24, 2.45) is 13.0 Å². The van der Waals surface area contributed by atoms with Crippen molar-refractivity contribution >= 4 is 11.9 Å². The van der Waals surface area contributed by atoms with E-state index in [4.69, 9.17) is 5.11 Å². The van der Waals surface area contributed by atoms with E-state index < -0.39 is 11.9 Å². The van der Waals surface area contributed by atoms with E-state index in [1.54, 1.807) is 9.58 Å². The summed E-state index contributed by atoms with van der Waals surface area (Å²) in [5.74, 6) is -1.57. The number of carboxylic acid groups (broad SMARTS) is 1. The predicted molar refractivity (Wildman–Crippen MR) is 63.7 cm³/mol. The molecule has 0 saturated carbocycles. The molecule has 6 heteroatoms. The van der Waals surface area contributed by atoms with Gasteiger partial charge in [0.2, 0.25) is 5.91 Å². The molecule has 1 aliphatic heterocycles. The number of carbonyl (C=O) groups is 2. The zero-order valence-electron chi connectivity index (χ0n) is 10.6. The number of rotatable bonds is 4. The molecule has 1 saturated heterocycles. The number of aliphatic carboxylic acids is 1. The molecule has 6 nitrogen and oxygen atoms in total. The van der Waals surface area contributed by atoms with E-state index in [9.17, 15) is 9.59 Å². The van der Waals surface area contributed by atoms with Crippen LogP contribution >= 0.6 is 0 Å². The molecule has 1 N–H and O–H groups in total. The van der Waals surface area contributed by atoms with Crippen LogP contribution in [0.4, 0.5) is 0 Å². The molecule has 1 aliphatic rings. The number of carbonyl (C=O) groups excluding carboxylic acids is 1. The number of nitrogens with zero attached hydrogens (tertiary/aromatic N) is 3. The van der Waals surface area contributed by atoms with Gasteiger partial charge in [-0.3, -0.25) is 14.3 Å². The van der Waals surface area contributed by atoms with Gasteiger partial charge in [0.1, 0.15) is 0 Å². The molecule has 0 aromatic carbocycles. The highest BCUT2D eigenvalue weighted by Gasteiger charge is 2.34. The second kappa shape index (κ2) is 4.80. The second-order valence-electron chi connectivity index (χ2n) is 4.62. The summed E-state index contributed by atoms with van der Waals surface area (Å²) >= 11 is 0. The Hall–Kier alpha value is -1.85. The molecule has 2 heterocycles. The van der Waals surface area contributed by atoms with Crippen LogP contribution in [0.2, 0.25) is 0 Å². The van der Waals surface area contributed by atoms with Crippen LogP contribution in [0.1, 0.15) is 24.7 Å². The number of hydrogen-bond acceptors (Lipinski definition) is 3. The van der Waals surface area contributed by atoms with E-state index in [1.807, 2.05) is 20.0 Å². The van der Waals surface area contributed by atoms with Gasteiger partial charge in [0.05, 0.1) is 23.9 Å². The van der Waals surface area contributed by atoms with Crippen LogP contribution in [0, 0.1) is 5.92 Å². The number of likely N-dealkylation sites (tertiary alicyclic amines) is 1. The van der Waals surface area contributed by atoms with E-state index in [2.05, 4.69) is 5.10 Å². The standard InChI is InChI=1S/C12H17N3O3/c1-3-9-5-10(14(2)13-9)7-15-6-8(12(17)18)4-11(15)16/h5,8H,3-4,6-7H2,1-2H3,(H,17,18). The molecule has 18 heavy (non-hydrogen) atoms. The number of amides is 1. The highest BCUT2D eigenvalue weighted by molar-refractivity contribution is 5.86. The molecule has 0 radical (unpaired) electrons. The molecule has 1 unspecified atom stereocenters. The Kier molecular flexibility index (Phi) is 3.36. The first-order valence-electron chi connectivity index (χ1n) is 6.03. The predicted octanol–water partition coefficient (Wildman–Crippen LogP) is 0.416. The summed E-state index contributed by atoms with van der Waals surface area (Å²) in [5.41, 5.74) is 1.92. The lowest BCUT2D eigenvalue weighted by molar-refractivity contribution is -0.141. The fourth-order valence-electron chi connectivity index (χ4n) is 2.18. The second-order valence-corrected chi connectivity index (χ2v) is 4.62. The van der Waals surface area contributed by atoms with Gasteiger partial charge in [0, 0.05) is 20.0 Å². The largest absolute Gasteiger partial charge is 0.481 e. The number of hydrogen-bond donors (Lipinski definition) is 1. The van der Waals surface area contributed by atoms with Gasteiger partial charge in [-0.2, -0.15) is 5.10 Å². The van der Waals surface area contributed by atoms with Crippen molar-refractivity contribution < 1.29 is 14.7 Å². The van der Waals surface area contributed by atoms with Crippen LogP contribution in [0.15, 0.2) is 6.07 Å². The van der Waals surface area contributed by atoms with Gasteiger partial charge < -0.3 is 10.0 Å². The quantitative estimate of drug-likeness (QED) is 0.841. The molecule has 1 aromatic heterocycles. The van der Waals surface area contributed by atoms with E-state index >= 15 is 0 Å². The molecule has 1 aromatic rings. The zero-order valence-corrected chi connectivity index (χ0v) is 10.6. The first kappa shape index (κ1) is 12.6. The average Bonchev–Trinajstić information content (AvgIpc) is 2.85. The van der Waals surface area contributed by atoms with Gasteiger partial charge in [-0.05, 0) is 12.5 Å². The zero-order chi connectivity index (χ0) is 13.3. The van der Waals surface area contributed by atoms with E-state index in [1.165, 1.54) is 0 Å². The molecule has 98 valence electrons. The third kappa shape index (κ3) is 2.37. The SMILES string of the molecule is CCc1cc(CN2CC(C(=O)O)CC2=O)n(C)n1. The lowest BCUT2D eigenvalue weighted by Gasteiger charge is -2.15. The maximum atomic E-state index is 11.7. The van der Waals surface area contributed by atoms with Crippen LogP contribution in [-0.4, -0.2) is 38.2 Å². The molecular formula is C12H17N3O3. The van der Waals surface area contributed by atoms with Gasteiger partial charge in [-0.25, -0.2) is 0 Å². The van der Waals surface area contributed by atoms with Crippen molar-refractivity contribution in [3.63, 3.8) is 0 Å². The minimum atomic E-state index is -0.898. The lowest BCUT2D eigenvalue weighted by atomic mass is 10.1. The van der Waals surface area contributed by atoms with Crippen molar-refractivity contribution in [2.45, 2.75) is 26.3 Å². The third-order valence-corrected chi connectivity index (χ3v) is 3.31. The highest BCUT2D eigenvalue weighted by Crippen LogP contribution is 2.20. The Labute approximate surface area is 105 Å². The van der Waals surface area contributed by atoms with Gasteiger partial charge in [0.15, 0.2) is 0 Å². The van der Waals surface area contributed by atoms with Crippen molar-refractivity contribution in [3.05, 3.63) is 17.5 Å². The van der Waals surface area contributed by atoms with Crippen LogP contribution in [0.25, 0.3) is 0 Å². The van der Waals surface area contributed by atoms with Crippen molar-refractivity contribution in [2.75, 3.05) is 6.54 Å². The summed E-state index contributed by atoms with van der Waals surface area (Å²) < 4.78 is 1.75. The molecule has 1 atom stereocenters. The van der Waals surface area contributed by atoms with Gasteiger partial charge >= 0.3 is 5.97 Å². The summed E-state index contributed by atoms with van der Waals surface area (Å²) in [7, 11) is 1.84. The van der Waals surface area contributed by atoms with Gasteiger partial charge in [-0.15, -0.1) is 0 Å². The third-order valence-electron chi connectivity index (χ3n) is 3.31. The molecule has 0 spiro atoms. The Balaban J connectivity index is 2.07. The lowest BCUT2D eigenvalue weighted by Crippen LogP contribution is -2.26. The Morgan fingerprint density at radius 2 is 2.33 bits per heavy atom. The fraction of sp³-hybridized carbons (Fsp3) is 0.583. The van der Waals surface area contributed by atoms with Crippen molar-refractivity contribution in [1.82, 2.24) is 14.7 Å². The van der Waals surface area contributed by atoms with Crippen molar-refractivity contribution in [3.8, 4) is 0 Å². The molecule has 0 aliphatic carbocycles. The molecular weight excluding hydrogens is 234 g/mol. The van der Waals surface area contributed by atoms with E-state index in [0.717, 1.165) is 17.8 Å². The van der Waals surface area contributed by atoms with Crippen LogP contribution in [0.5, 0.6) is 0 Å². The summed E-state index contributed by atoms with van der Waals surface area (Å²) in [6, 6.07) is 1.96. The molecule has 1 amide bonds. The number of carboxylic acids is 1. The maximum absolute atomic E-state index is 11.7. The van der Waals surface area contributed by atoms with Crippen LogP contribution < -0.4 is 0 Å². The van der Waals surface area contributed by atoms with Crippen LogP contribution in [-0.2, 0) is 29.6 Å². The molecule has 2 rings (SSSR count). The minimum Gasteiger partial charge on any atom is -0.481 e. The van der Waals surface area contributed by atoms with Crippen molar-refractivity contribution in [1.29, 1.82) is 0 Å². The average molecular weight is 251 g/mol. The summed E-state index contributed by atoms with van der Waals surface area (Å²) in [6.07, 6.45) is 0.952. The smallest absolute Gasteiger partial charge is 0.308 e. The van der Waals surface area contributed by atoms with Gasteiger partial charge in [-0.1, -0.05) is 6.92 Å². The Bertz CT molecular complexity index is 481. The highest BCUT2D eigenvalue weighted by atomic mass is 16.4. The first-order chi connectivity index (χ1) is 8.51.